The van der Waals surface area contributed by atoms with E-state index in [-0.39, 0.29) is 16.7 Å². The van der Waals surface area contributed by atoms with Crippen molar-refractivity contribution in [3.8, 4) is 11.3 Å². The second-order valence-corrected chi connectivity index (χ2v) is 3.76. The topological polar surface area (TPSA) is 51.8 Å². The Bertz CT molecular complexity index is 543. The first kappa shape index (κ1) is 10.8. The minimum absolute atomic E-state index is 0.190. The number of anilines is 1. The van der Waals surface area contributed by atoms with Crippen LogP contribution < -0.4 is 5.73 Å². The number of aryl methyl sites for hydroxylation is 1. The first-order chi connectivity index (χ1) is 7.59. The lowest BCUT2D eigenvalue weighted by Gasteiger charge is -2.07. The van der Waals surface area contributed by atoms with Crippen LogP contribution in [0.3, 0.4) is 0 Å². The maximum Gasteiger partial charge on any atom is 0.146 e. The van der Waals surface area contributed by atoms with Crippen LogP contribution in [-0.2, 0) is 0 Å². The largest absolute Gasteiger partial charge is 0.382 e. The van der Waals surface area contributed by atoms with Crippen molar-refractivity contribution >= 4 is 17.4 Å². The number of hydrogen-bond donors (Lipinski definition) is 1. The van der Waals surface area contributed by atoms with E-state index in [0.29, 0.717) is 11.3 Å². The zero-order valence-corrected chi connectivity index (χ0v) is 9.29. The zero-order valence-electron chi connectivity index (χ0n) is 8.54. The molecular weight excluding hydrogens is 229 g/mol. The van der Waals surface area contributed by atoms with Gasteiger partial charge in [0.1, 0.15) is 23.0 Å². The summed E-state index contributed by atoms with van der Waals surface area (Å²) in [7, 11) is 0. The van der Waals surface area contributed by atoms with Crippen molar-refractivity contribution in [2.45, 2.75) is 6.92 Å². The van der Waals surface area contributed by atoms with Gasteiger partial charge in [0.2, 0.25) is 0 Å². The van der Waals surface area contributed by atoms with Crippen LogP contribution in [-0.4, -0.2) is 9.97 Å². The highest BCUT2D eigenvalue weighted by Gasteiger charge is 2.11. The number of hydrogen-bond acceptors (Lipinski definition) is 3. The lowest BCUT2D eigenvalue weighted by Crippen LogP contribution is -1.97. The Labute approximate surface area is 97.1 Å². The highest BCUT2D eigenvalue weighted by atomic mass is 35.5. The van der Waals surface area contributed by atoms with Crippen LogP contribution in [0.2, 0.25) is 5.02 Å². The third-order valence-corrected chi connectivity index (χ3v) is 2.64. The molecule has 3 nitrogen and oxygen atoms in total. The third kappa shape index (κ3) is 1.84. The van der Waals surface area contributed by atoms with Crippen LogP contribution in [0.15, 0.2) is 24.5 Å². The van der Waals surface area contributed by atoms with E-state index in [1.807, 2.05) is 6.92 Å². The van der Waals surface area contributed by atoms with Gasteiger partial charge in [-0.25, -0.2) is 14.4 Å². The molecule has 0 fully saturated rings. The number of aromatic nitrogens is 2. The first-order valence-electron chi connectivity index (χ1n) is 4.62. The predicted molar refractivity (Wildman–Crippen MR) is 61.6 cm³/mol. The monoisotopic (exact) mass is 237 g/mol. The quantitative estimate of drug-likeness (QED) is 0.830. The molecule has 0 saturated carbocycles. The van der Waals surface area contributed by atoms with Crippen LogP contribution in [0, 0.1) is 12.7 Å². The highest BCUT2D eigenvalue weighted by molar-refractivity contribution is 6.35. The highest BCUT2D eigenvalue weighted by Crippen LogP contribution is 2.31. The lowest BCUT2D eigenvalue weighted by atomic mass is 10.1. The molecule has 2 rings (SSSR count). The molecule has 1 aromatic heterocycles. The Hall–Kier alpha value is -1.68. The van der Waals surface area contributed by atoms with E-state index in [9.17, 15) is 4.39 Å². The molecule has 0 radical (unpaired) electrons. The zero-order chi connectivity index (χ0) is 11.7. The van der Waals surface area contributed by atoms with Gasteiger partial charge in [-0.05, 0) is 24.6 Å². The lowest BCUT2D eigenvalue weighted by molar-refractivity contribution is 0.628. The smallest absolute Gasteiger partial charge is 0.146 e. The maximum absolute atomic E-state index is 13.1. The maximum atomic E-state index is 13.1. The molecule has 0 aliphatic rings. The Kier molecular flexibility index (Phi) is 2.75. The second-order valence-electron chi connectivity index (χ2n) is 3.38. The molecule has 16 heavy (non-hydrogen) atoms. The summed E-state index contributed by atoms with van der Waals surface area (Å²) in [6.45, 7) is 1.85. The van der Waals surface area contributed by atoms with Crippen LogP contribution in [0.1, 0.15) is 5.56 Å². The molecule has 0 spiro atoms. The summed E-state index contributed by atoms with van der Waals surface area (Å²) in [6, 6.07) is 4.43. The van der Waals surface area contributed by atoms with E-state index in [1.165, 1.54) is 18.5 Å². The summed E-state index contributed by atoms with van der Waals surface area (Å²) < 4.78 is 13.1. The molecule has 1 heterocycles. The molecule has 1 aromatic carbocycles. The summed E-state index contributed by atoms with van der Waals surface area (Å²) in [5.74, 6) is -0.149. The number of halogens is 2. The molecule has 0 saturated heterocycles. The van der Waals surface area contributed by atoms with Gasteiger partial charge in [-0.1, -0.05) is 17.7 Å². The number of nitrogens with zero attached hydrogens (tertiary/aromatic N) is 2. The Balaban J connectivity index is 2.67. The number of nitrogen functional groups attached to an aromatic ring is 1. The molecule has 0 bridgehead atoms. The minimum atomic E-state index is -0.339. The van der Waals surface area contributed by atoms with Gasteiger partial charge in [-0.15, -0.1) is 0 Å². The molecule has 0 unspecified atom stereocenters. The normalized spacial score (nSPS) is 10.4. The summed E-state index contributed by atoms with van der Waals surface area (Å²) >= 11 is 5.98. The number of nitrogens with two attached hydrogens (primary N) is 1. The van der Waals surface area contributed by atoms with Crippen molar-refractivity contribution in [3.63, 3.8) is 0 Å². The third-order valence-electron chi connectivity index (χ3n) is 2.27. The number of benzene rings is 1. The van der Waals surface area contributed by atoms with Gasteiger partial charge < -0.3 is 5.73 Å². The molecule has 0 aliphatic heterocycles. The summed E-state index contributed by atoms with van der Waals surface area (Å²) in [5.41, 5.74) is 7.52. The SMILES string of the molecule is Cc1ccc(F)cc1-c1ncnc(N)c1Cl. The number of rotatable bonds is 1. The Morgan fingerprint density at radius 3 is 2.81 bits per heavy atom. The summed E-state index contributed by atoms with van der Waals surface area (Å²) in [4.78, 5) is 7.78. The predicted octanol–water partition coefficient (Wildman–Crippen LogP) is 2.83. The fourth-order valence-corrected chi connectivity index (χ4v) is 1.62. The van der Waals surface area contributed by atoms with E-state index < -0.39 is 0 Å². The Morgan fingerprint density at radius 2 is 2.06 bits per heavy atom. The second kappa shape index (κ2) is 4.06. The van der Waals surface area contributed by atoms with Crippen LogP contribution in [0.4, 0.5) is 10.2 Å². The molecule has 0 aliphatic carbocycles. The van der Waals surface area contributed by atoms with Crippen LogP contribution in [0.25, 0.3) is 11.3 Å². The van der Waals surface area contributed by atoms with E-state index in [0.717, 1.165) is 5.56 Å². The van der Waals surface area contributed by atoms with Crippen LogP contribution in [0.5, 0.6) is 0 Å². The molecular formula is C11H9ClFN3. The average Bonchev–Trinajstić information content (AvgIpc) is 2.26. The van der Waals surface area contributed by atoms with Gasteiger partial charge in [0.15, 0.2) is 0 Å². The Morgan fingerprint density at radius 1 is 1.31 bits per heavy atom. The van der Waals surface area contributed by atoms with Crippen molar-refractivity contribution in [1.82, 2.24) is 9.97 Å². The van der Waals surface area contributed by atoms with Gasteiger partial charge in [0.25, 0.3) is 0 Å². The molecule has 2 N–H and O–H groups in total. The van der Waals surface area contributed by atoms with Crippen molar-refractivity contribution in [2.75, 3.05) is 5.73 Å². The summed E-state index contributed by atoms with van der Waals surface area (Å²) in [5, 5.41) is 0.246. The molecule has 0 atom stereocenters. The van der Waals surface area contributed by atoms with Crippen molar-refractivity contribution in [2.24, 2.45) is 0 Å². The molecule has 2 aromatic rings. The minimum Gasteiger partial charge on any atom is -0.382 e. The van der Waals surface area contributed by atoms with Gasteiger partial charge in [0.05, 0.1) is 5.69 Å². The fraction of sp³-hybridized carbons (Fsp3) is 0.0909. The molecule has 82 valence electrons. The van der Waals surface area contributed by atoms with Gasteiger partial charge in [0, 0.05) is 5.56 Å². The van der Waals surface area contributed by atoms with Gasteiger partial charge in [-0.3, -0.25) is 0 Å². The van der Waals surface area contributed by atoms with Crippen molar-refractivity contribution in [1.29, 1.82) is 0 Å². The van der Waals surface area contributed by atoms with Gasteiger partial charge >= 0.3 is 0 Å². The van der Waals surface area contributed by atoms with E-state index in [4.69, 9.17) is 17.3 Å². The standard InChI is InChI=1S/C11H9ClFN3/c1-6-2-3-7(13)4-8(6)10-9(12)11(14)16-5-15-10/h2-5H,1H3,(H2,14,15,16). The molecule has 0 amide bonds. The average molecular weight is 238 g/mol. The van der Waals surface area contributed by atoms with E-state index in [2.05, 4.69) is 9.97 Å². The van der Waals surface area contributed by atoms with Crippen LogP contribution >= 0.6 is 11.6 Å². The fourth-order valence-electron chi connectivity index (χ4n) is 1.42. The van der Waals surface area contributed by atoms with E-state index >= 15 is 0 Å². The van der Waals surface area contributed by atoms with E-state index in [1.54, 1.807) is 6.07 Å². The van der Waals surface area contributed by atoms with Crippen molar-refractivity contribution < 1.29 is 4.39 Å². The first-order valence-corrected chi connectivity index (χ1v) is 5.00. The van der Waals surface area contributed by atoms with Crippen molar-refractivity contribution in [3.05, 3.63) is 40.9 Å². The summed E-state index contributed by atoms with van der Waals surface area (Å²) in [6.07, 6.45) is 1.31. The molecule has 5 heteroatoms. The van der Waals surface area contributed by atoms with Gasteiger partial charge in [-0.2, -0.15) is 0 Å².